The number of carbonyl (C=O) groups excluding carboxylic acids is 1. The summed E-state index contributed by atoms with van der Waals surface area (Å²) in [5, 5.41) is 6.09. The predicted octanol–water partition coefficient (Wildman–Crippen LogP) is 1.98. The van der Waals surface area contributed by atoms with E-state index in [1.807, 2.05) is 13.0 Å². The fourth-order valence-electron chi connectivity index (χ4n) is 1.99. The summed E-state index contributed by atoms with van der Waals surface area (Å²) in [7, 11) is 0. The molecule has 0 radical (unpaired) electrons. The van der Waals surface area contributed by atoms with Gasteiger partial charge in [-0.25, -0.2) is 0 Å². The van der Waals surface area contributed by atoms with Gasteiger partial charge < -0.3 is 15.5 Å². The highest BCUT2D eigenvalue weighted by Crippen LogP contribution is 2.08. The minimum absolute atomic E-state index is 0.126. The molecule has 0 unspecified atom stereocenters. The van der Waals surface area contributed by atoms with Gasteiger partial charge in [0.15, 0.2) is 0 Å². The maximum Gasteiger partial charge on any atom is 0.269 e. The number of aromatic nitrogens is 1. The first-order valence-corrected chi connectivity index (χ1v) is 7.41. The molecular weight excluding hydrogens is 252 g/mol. The van der Waals surface area contributed by atoms with Crippen LogP contribution < -0.4 is 10.6 Å². The molecule has 0 atom stereocenters. The Labute approximate surface area is 121 Å². The van der Waals surface area contributed by atoms with Crippen molar-refractivity contribution >= 4 is 11.6 Å². The molecule has 5 nitrogen and oxygen atoms in total. The Morgan fingerprint density at radius 1 is 1.30 bits per heavy atom. The Morgan fingerprint density at radius 2 is 2.05 bits per heavy atom. The first-order chi connectivity index (χ1) is 9.71. The minimum Gasteiger partial charge on any atom is -0.385 e. The summed E-state index contributed by atoms with van der Waals surface area (Å²) in [5.41, 5.74) is 1.40. The van der Waals surface area contributed by atoms with Crippen LogP contribution in [0.25, 0.3) is 0 Å². The van der Waals surface area contributed by atoms with E-state index in [-0.39, 0.29) is 5.91 Å². The number of hydrogen-bond acceptors (Lipinski definition) is 4. The highest BCUT2D eigenvalue weighted by molar-refractivity contribution is 5.93. The van der Waals surface area contributed by atoms with Crippen molar-refractivity contribution in [2.24, 2.45) is 0 Å². The highest BCUT2D eigenvalue weighted by atomic mass is 16.1. The van der Waals surface area contributed by atoms with E-state index >= 15 is 0 Å². The largest absolute Gasteiger partial charge is 0.385 e. The summed E-state index contributed by atoms with van der Waals surface area (Å²) >= 11 is 0. The van der Waals surface area contributed by atoms with Gasteiger partial charge in [0.05, 0.1) is 0 Å². The van der Waals surface area contributed by atoms with Gasteiger partial charge in [-0.1, -0.05) is 13.8 Å². The summed E-state index contributed by atoms with van der Waals surface area (Å²) in [6.45, 7) is 11.0. The molecule has 0 bridgehead atoms. The number of amides is 1. The van der Waals surface area contributed by atoms with Crippen LogP contribution in [0.1, 0.15) is 37.7 Å². The van der Waals surface area contributed by atoms with E-state index in [9.17, 15) is 4.79 Å². The molecule has 0 aliphatic rings. The number of pyridine rings is 1. The number of rotatable bonds is 9. The minimum atomic E-state index is -0.126. The molecule has 1 amide bonds. The van der Waals surface area contributed by atoms with Crippen LogP contribution in [0, 0.1) is 0 Å². The molecule has 0 aliphatic carbocycles. The summed E-state index contributed by atoms with van der Waals surface area (Å²) < 4.78 is 0. The molecule has 112 valence electrons. The molecule has 0 aliphatic heterocycles. The Morgan fingerprint density at radius 3 is 2.70 bits per heavy atom. The van der Waals surface area contributed by atoms with Crippen molar-refractivity contribution in [3.63, 3.8) is 0 Å². The van der Waals surface area contributed by atoms with Gasteiger partial charge in [-0.2, -0.15) is 0 Å². The SMILES string of the molecule is CCNC(=O)c1cc(NCCCN(CC)CC)ccn1. The molecule has 0 aromatic carbocycles. The molecule has 1 aromatic rings. The average Bonchev–Trinajstić information content (AvgIpc) is 2.48. The van der Waals surface area contributed by atoms with Crippen LogP contribution in [-0.2, 0) is 0 Å². The molecule has 5 heteroatoms. The van der Waals surface area contributed by atoms with Crippen LogP contribution in [0.4, 0.5) is 5.69 Å². The predicted molar refractivity (Wildman–Crippen MR) is 83.1 cm³/mol. The number of anilines is 1. The van der Waals surface area contributed by atoms with Crippen molar-refractivity contribution in [3.05, 3.63) is 24.0 Å². The smallest absolute Gasteiger partial charge is 0.269 e. The van der Waals surface area contributed by atoms with Gasteiger partial charge in [0.1, 0.15) is 5.69 Å². The number of nitrogens with zero attached hydrogens (tertiary/aromatic N) is 2. The van der Waals surface area contributed by atoms with Crippen LogP contribution in [-0.4, -0.2) is 48.5 Å². The van der Waals surface area contributed by atoms with Crippen molar-refractivity contribution < 1.29 is 4.79 Å². The Bertz CT molecular complexity index is 405. The third-order valence-electron chi connectivity index (χ3n) is 3.20. The number of nitrogens with one attached hydrogen (secondary N) is 2. The van der Waals surface area contributed by atoms with Crippen LogP contribution >= 0.6 is 0 Å². The molecular formula is C15H26N4O. The summed E-state index contributed by atoms with van der Waals surface area (Å²) in [6.07, 6.45) is 2.75. The van der Waals surface area contributed by atoms with Gasteiger partial charge >= 0.3 is 0 Å². The lowest BCUT2D eigenvalue weighted by Crippen LogP contribution is -2.25. The zero-order valence-electron chi connectivity index (χ0n) is 12.8. The second-order valence-corrected chi connectivity index (χ2v) is 4.60. The van der Waals surface area contributed by atoms with Crippen LogP contribution in [0.5, 0.6) is 0 Å². The van der Waals surface area contributed by atoms with E-state index in [0.717, 1.165) is 38.3 Å². The maximum atomic E-state index is 11.7. The second kappa shape index (κ2) is 9.31. The number of carbonyl (C=O) groups is 1. The Balaban J connectivity index is 2.40. The van der Waals surface area contributed by atoms with Crippen molar-refractivity contribution in [1.29, 1.82) is 0 Å². The first-order valence-electron chi connectivity index (χ1n) is 7.41. The topological polar surface area (TPSA) is 57.3 Å². The van der Waals surface area contributed by atoms with Crippen molar-refractivity contribution in [1.82, 2.24) is 15.2 Å². The molecule has 0 spiro atoms. The standard InChI is InChI=1S/C15H26N4O/c1-4-16-15(20)14-12-13(8-10-18-14)17-9-7-11-19(5-2)6-3/h8,10,12H,4-7,9,11H2,1-3H3,(H,16,20)(H,17,18). The quantitative estimate of drug-likeness (QED) is 0.678. The van der Waals surface area contributed by atoms with E-state index in [1.54, 1.807) is 12.3 Å². The van der Waals surface area contributed by atoms with E-state index in [2.05, 4.69) is 34.4 Å². The zero-order chi connectivity index (χ0) is 14.8. The monoisotopic (exact) mass is 278 g/mol. The third-order valence-corrected chi connectivity index (χ3v) is 3.20. The lowest BCUT2D eigenvalue weighted by molar-refractivity contribution is 0.0951. The normalized spacial score (nSPS) is 10.6. The van der Waals surface area contributed by atoms with E-state index < -0.39 is 0 Å². The highest BCUT2D eigenvalue weighted by Gasteiger charge is 2.06. The van der Waals surface area contributed by atoms with Crippen LogP contribution in [0.3, 0.4) is 0 Å². The van der Waals surface area contributed by atoms with Gasteiger partial charge in [0.25, 0.3) is 5.91 Å². The first kappa shape index (κ1) is 16.4. The van der Waals surface area contributed by atoms with Crippen LogP contribution in [0.2, 0.25) is 0 Å². The molecule has 1 aromatic heterocycles. The molecule has 20 heavy (non-hydrogen) atoms. The van der Waals surface area contributed by atoms with Gasteiger partial charge in [-0.05, 0) is 45.1 Å². The van der Waals surface area contributed by atoms with Crippen molar-refractivity contribution in [2.45, 2.75) is 27.2 Å². The van der Waals surface area contributed by atoms with Gasteiger partial charge in [0, 0.05) is 25.0 Å². The Hall–Kier alpha value is -1.62. The van der Waals surface area contributed by atoms with Gasteiger partial charge in [-0.3, -0.25) is 9.78 Å². The van der Waals surface area contributed by atoms with Crippen molar-refractivity contribution in [2.75, 3.05) is 38.0 Å². The van der Waals surface area contributed by atoms with Gasteiger partial charge in [-0.15, -0.1) is 0 Å². The van der Waals surface area contributed by atoms with Crippen LogP contribution in [0.15, 0.2) is 18.3 Å². The average molecular weight is 278 g/mol. The molecule has 0 saturated carbocycles. The fourth-order valence-corrected chi connectivity index (χ4v) is 1.99. The molecule has 2 N–H and O–H groups in total. The maximum absolute atomic E-state index is 11.7. The summed E-state index contributed by atoms with van der Waals surface area (Å²) in [4.78, 5) is 18.2. The Kier molecular flexibility index (Phi) is 7.65. The van der Waals surface area contributed by atoms with E-state index in [4.69, 9.17) is 0 Å². The lowest BCUT2D eigenvalue weighted by Gasteiger charge is -2.18. The third kappa shape index (κ3) is 5.57. The summed E-state index contributed by atoms with van der Waals surface area (Å²) in [5.74, 6) is -0.126. The molecule has 0 fully saturated rings. The summed E-state index contributed by atoms with van der Waals surface area (Å²) in [6, 6.07) is 3.68. The second-order valence-electron chi connectivity index (χ2n) is 4.60. The molecule has 1 heterocycles. The molecule has 1 rings (SSSR count). The van der Waals surface area contributed by atoms with E-state index in [1.165, 1.54) is 0 Å². The van der Waals surface area contributed by atoms with Crippen molar-refractivity contribution in [3.8, 4) is 0 Å². The van der Waals surface area contributed by atoms with Gasteiger partial charge in [0.2, 0.25) is 0 Å². The van der Waals surface area contributed by atoms with E-state index in [0.29, 0.717) is 12.2 Å². The lowest BCUT2D eigenvalue weighted by atomic mass is 10.3. The number of hydrogen-bond donors (Lipinski definition) is 2. The molecule has 0 saturated heterocycles. The zero-order valence-corrected chi connectivity index (χ0v) is 12.8. The fraction of sp³-hybridized carbons (Fsp3) is 0.600.